The van der Waals surface area contributed by atoms with Crippen LogP contribution in [0.2, 0.25) is 5.02 Å². The highest BCUT2D eigenvalue weighted by Crippen LogP contribution is 2.26. The molecule has 0 spiro atoms. The zero-order valence-corrected chi connectivity index (χ0v) is 14.3. The predicted molar refractivity (Wildman–Crippen MR) is 87.9 cm³/mol. The fourth-order valence-electron chi connectivity index (χ4n) is 2.14. The molecular weight excluding hydrogens is 322 g/mol. The molecule has 0 saturated carbocycles. The first-order valence-corrected chi connectivity index (χ1v) is 8.59. The highest BCUT2D eigenvalue weighted by atomic mass is 35.5. The maximum absolute atomic E-state index is 12.5. The molecule has 118 valence electrons. The minimum atomic E-state index is -3.59. The Bertz CT molecular complexity index is 771. The van der Waals surface area contributed by atoms with Crippen LogP contribution in [0.5, 0.6) is 5.75 Å². The first kappa shape index (κ1) is 16.8. The molecule has 0 aliphatic carbocycles. The van der Waals surface area contributed by atoms with E-state index >= 15 is 0 Å². The van der Waals surface area contributed by atoms with E-state index in [1.807, 2.05) is 6.92 Å². The average Bonchev–Trinajstić information content (AvgIpc) is 2.49. The van der Waals surface area contributed by atoms with Crippen LogP contribution in [0.4, 0.5) is 0 Å². The molecule has 0 bridgehead atoms. The molecule has 0 heterocycles. The fourth-order valence-corrected chi connectivity index (χ4v) is 3.58. The standard InChI is InChI=1S/C16H18ClNO3S/c1-11-12(2)16(9-8-15(11)21-3)22(19,20)18-10-13-4-6-14(17)7-5-13/h4-9,18H,10H2,1-3H3. The zero-order chi connectivity index (χ0) is 16.3. The van der Waals surface area contributed by atoms with Crippen LogP contribution < -0.4 is 9.46 Å². The van der Waals surface area contributed by atoms with E-state index in [4.69, 9.17) is 16.3 Å². The third kappa shape index (κ3) is 3.61. The Kier molecular flexibility index (Phi) is 5.11. The molecule has 2 aromatic carbocycles. The monoisotopic (exact) mass is 339 g/mol. The van der Waals surface area contributed by atoms with Crippen LogP contribution in [-0.4, -0.2) is 15.5 Å². The van der Waals surface area contributed by atoms with Crippen molar-refractivity contribution in [1.29, 1.82) is 0 Å². The Morgan fingerprint density at radius 2 is 1.68 bits per heavy atom. The van der Waals surface area contributed by atoms with E-state index in [1.54, 1.807) is 50.4 Å². The van der Waals surface area contributed by atoms with Crippen molar-refractivity contribution in [3.05, 3.63) is 58.1 Å². The number of sulfonamides is 1. The molecule has 0 atom stereocenters. The van der Waals surface area contributed by atoms with E-state index in [1.165, 1.54) is 0 Å². The van der Waals surface area contributed by atoms with Crippen LogP contribution in [0.1, 0.15) is 16.7 Å². The van der Waals surface area contributed by atoms with Crippen molar-refractivity contribution in [2.75, 3.05) is 7.11 Å². The van der Waals surface area contributed by atoms with Gasteiger partial charge in [-0.3, -0.25) is 0 Å². The number of ether oxygens (including phenoxy) is 1. The van der Waals surface area contributed by atoms with Crippen LogP contribution in [-0.2, 0) is 16.6 Å². The summed E-state index contributed by atoms with van der Waals surface area (Å²) in [6, 6.07) is 10.3. The molecule has 0 fully saturated rings. The molecule has 0 saturated heterocycles. The van der Waals surface area contributed by atoms with Crippen molar-refractivity contribution in [2.45, 2.75) is 25.3 Å². The van der Waals surface area contributed by atoms with Gasteiger partial charge in [0.2, 0.25) is 10.0 Å². The molecule has 1 N–H and O–H groups in total. The summed E-state index contributed by atoms with van der Waals surface area (Å²) in [7, 11) is -2.02. The number of methoxy groups -OCH3 is 1. The van der Waals surface area contributed by atoms with Crippen LogP contribution >= 0.6 is 11.6 Å². The number of nitrogens with one attached hydrogen (secondary N) is 1. The second-order valence-corrected chi connectivity index (χ2v) is 7.14. The van der Waals surface area contributed by atoms with E-state index in [0.717, 1.165) is 11.1 Å². The highest BCUT2D eigenvalue weighted by Gasteiger charge is 2.19. The summed E-state index contributed by atoms with van der Waals surface area (Å²) < 4.78 is 32.7. The molecule has 0 aliphatic heterocycles. The van der Waals surface area contributed by atoms with E-state index in [0.29, 0.717) is 16.3 Å². The number of rotatable bonds is 5. The van der Waals surface area contributed by atoms with Gasteiger partial charge in [0.1, 0.15) is 5.75 Å². The van der Waals surface area contributed by atoms with Crippen LogP contribution in [0.3, 0.4) is 0 Å². The molecular formula is C16H18ClNO3S. The Hall–Kier alpha value is -1.56. The first-order valence-electron chi connectivity index (χ1n) is 6.73. The zero-order valence-electron chi connectivity index (χ0n) is 12.7. The molecule has 6 heteroatoms. The maximum atomic E-state index is 12.5. The highest BCUT2D eigenvalue weighted by molar-refractivity contribution is 7.89. The van der Waals surface area contributed by atoms with E-state index in [-0.39, 0.29) is 11.4 Å². The van der Waals surface area contributed by atoms with Crippen molar-refractivity contribution >= 4 is 21.6 Å². The number of hydrogen-bond donors (Lipinski definition) is 1. The van der Waals surface area contributed by atoms with Crippen molar-refractivity contribution in [3.8, 4) is 5.75 Å². The minimum absolute atomic E-state index is 0.212. The summed E-state index contributed by atoms with van der Waals surface area (Å²) in [6.07, 6.45) is 0. The lowest BCUT2D eigenvalue weighted by Crippen LogP contribution is -2.24. The smallest absolute Gasteiger partial charge is 0.241 e. The summed E-state index contributed by atoms with van der Waals surface area (Å²) >= 11 is 5.81. The molecule has 2 aromatic rings. The summed E-state index contributed by atoms with van der Waals surface area (Å²) in [5.74, 6) is 0.675. The average molecular weight is 340 g/mol. The second-order valence-electron chi connectivity index (χ2n) is 4.97. The van der Waals surface area contributed by atoms with Gasteiger partial charge >= 0.3 is 0 Å². The first-order chi connectivity index (χ1) is 10.3. The summed E-state index contributed by atoms with van der Waals surface area (Å²) in [6.45, 7) is 3.82. The largest absolute Gasteiger partial charge is 0.496 e. The SMILES string of the molecule is COc1ccc(S(=O)(=O)NCc2ccc(Cl)cc2)c(C)c1C. The third-order valence-electron chi connectivity index (χ3n) is 3.58. The predicted octanol–water partition coefficient (Wildman–Crippen LogP) is 3.44. The van der Waals surface area contributed by atoms with Gasteiger partial charge in [-0.25, -0.2) is 13.1 Å². The third-order valence-corrected chi connectivity index (χ3v) is 5.37. The number of halogens is 1. The van der Waals surface area contributed by atoms with Crippen LogP contribution in [0.25, 0.3) is 0 Å². The normalized spacial score (nSPS) is 11.5. The molecule has 0 aromatic heterocycles. The lowest BCUT2D eigenvalue weighted by atomic mass is 10.1. The summed E-state index contributed by atoms with van der Waals surface area (Å²) in [4.78, 5) is 0.264. The lowest BCUT2D eigenvalue weighted by Gasteiger charge is -2.13. The Balaban J connectivity index is 2.24. The Morgan fingerprint density at radius 3 is 2.27 bits per heavy atom. The Labute approximate surface area is 136 Å². The number of benzene rings is 2. The van der Waals surface area contributed by atoms with Gasteiger partial charge in [-0.2, -0.15) is 0 Å². The molecule has 2 rings (SSSR count). The van der Waals surface area contributed by atoms with E-state index in [9.17, 15) is 8.42 Å². The Morgan fingerprint density at radius 1 is 1.05 bits per heavy atom. The van der Waals surface area contributed by atoms with E-state index < -0.39 is 10.0 Å². The van der Waals surface area contributed by atoms with Gasteiger partial charge in [-0.1, -0.05) is 23.7 Å². The van der Waals surface area contributed by atoms with E-state index in [2.05, 4.69) is 4.72 Å². The number of hydrogen-bond acceptors (Lipinski definition) is 3. The molecule has 0 aliphatic rings. The second kappa shape index (κ2) is 6.69. The van der Waals surface area contributed by atoms with Gasteiger partial charge in [0, 0.05) is 11.6 Å². The summed E-state index contributed by atoms with van der Waals surface area (Å²) in [5, 5.41) is 0.619. The van der Waals surface area contributed by atoms with Gasteiger partial charge in [0.05, 0.1) is 12.0 Å². The molecule has 0 unspecified atom stereocenters. The van der Waals surface area contributed by atoms with Gasteiger partial charge in [0.25, 0.3) is 0 Å². The van der Waals surface area contributed by atoms with Crippen molar-refractivity contribution in [2.24, 2.45) is 0 Å². The van der Waals surface area contributed by atoms with Gasteiger partial charge in [-0.05, 0) is 54.8 Å². The van der Waals surface area contributed by atoms with Crippen LogP contribution in [0.15, 0.2) is 41.3 Å². The molecule has 22 heavy (non-hydrogen) atoms. The minimum Gasteiger partial charge on any atom is -0.496 e. The quantitative estimate of drug-likeness (QED) is 0.907. The van der Waals surface area contributed by atoms with Crippen molar-refractivity contribution < 1.29 is 13.2 Å². The van der Waals surface area contributed by atoms with Crippen molar-refractivity contribution in [3.63, 3.8) is 0 Å². The molecule has 0 radical (unpaired) electrons. The summed E-state index contributed by atoms with van der Waals surface area (Å²) in [5.41, 5.74) is 2.34. The lowest BCUT2D eigenvalue weighted by molar-refractivity contribution is 0.410. The van der Waals surface area contributed by atoms with Gasteiger partial charge in [0.15, 0.2) is 0 Å². The maximum Gasteiger partial charge on any atom is 0.241 e. The van der Waals surface area contributed by atoms with Gasteiger partial charge < -0.3 is 4.74 Å². The topological polar surface area (TPSA) is 55.4 Å². The van der Waals surface area contributed by atoms with Crippen LogP contribution in [0, 0.1) is 13.8 Å². The molecule has 4 nitrogen and oxygen atoms in total. The fraction of sp³-hybridized carbons (Fsp3) is 0.250. The molecule has 0 amide bonds. The van der Waals surface area contributed by atoms with Gasteiger partial charge in [-0.15, -0.1) is 0 Å². The van der Waals surface area contributed by atoms with Crippen molar-refractivity contribution in [1.82, 2.24) is 4.72 Å².